The van der Waals surface area contributed by atoms with Crippen LogP contribution in [0.25, 0.3) is 0 Å². The summed E-state index contributed by atoms with van der Waals surface area (Å²) in [7, 11) is -4.12. The highest BCUT2D eigenvalue weighted by Gasteiger charge is 2.27. The highest BCUT2D eigenvalue weighted by molar-refractivity contribution is 7.89. The Morgan fingerprint density at radius 1 is 1.53 bits per heavy atom. The summed E-state index contributed by atoms with van der Waals surface area (Å²) in [5.74, 6) is -1.49. The van der Waals surface area contributed by atoms with E-state index >= 15 is 0 Å². The molecule has 6 nitrogen and oxygen atoms in total. The fourth-order valence-electron chi connectivity index (χ4n) is 0.925. The first-order chi connectivity index (χ1) is 7.77. The smallest absolute Gasteiger partial charge is 0.324 e. The van der Waals surface area contributed by atoms with Crippen LogP contribution in [0.4, 0.5) is 0 Å². The average molecular weight is 320 g/mol. The molecule has 0 radical (unpaired) electrons. The van der Waals surface area contributed by atoms with Crippen LogP contribution in [0.15, 0.2) is 11.0 Å². The monoisotopic (exact) mass is 319 g/mol. The molecule has 96 valence electrons. The third-order valence-corrected chi connectivity index (χ3v) is 4.92. The maximum atomic E-state index is 11.7. The van der Waals surface area contributed by atoms with Crippen molar-refractivity contribution in [2.45, 2.75) is 10.9 Å². The number of aliphatic hydroxyl groups excluding tert-OH is 1. The Hall–Kier alpha value is -0.380. The second kappa shape index (κ2) is 5.51. The number of hydrogen-bond acceptors (Lipinski definition) is 5. The molecule has 0 aliphatic heterocycles. The lowest BCUT2D eigenvalue weighted by molar-refractivity contribution is -0.139. The predicted octanol–water partition coefficient (Wildman–Crippen LogP) is 0.779. The Kier molecular flexibility index (Phi) is 4.76. The second-order valence-electron chi connectivity index (χ2n) is 2.88. The topological polar surface area (TPSA) is 104 Å². The van der Waals surface area contributed by atoms with Gasteiger partial charge in [0.1, 0.15) is 15.3 Å². The van der Waals surface area contributed by atoms with Gasteiger partial charge in [-0.15, -0.1) is 11.3 Å². The summed E-state index contributed by atoms with van der Waals surface area (Å²) in [6.45, 7) is -0.871. The lowest BCUT2D eigenvalue weighted by Gasteiger charge is -2.11. The number of carboxylic acids is 1. The molecular formula is C7H7Cl2NO5S2. The van der Waals surface area contributed by atoms with Gasteiger partial charge in [-0.3, -0.25) is 4.79 Å². The molecule has 0 saturated heterocycles. The SMILES string of the molecule is O=C(O)C(CO)NS(=O)(=O)c1cc(Cl)sc1Cl. The first-order valence-electron chi connectivity index (χ1n) is 4.08. The fraction of sp³-hybridized carbons (Fsp3) is 0.286. The maximum absolute atomic E-state index is 11.7. The molecule has 17 heavy (non-hydrogen) atoms. The first-order valence-corrected chi connectivity index (χ1v) is 7.14. The van der Waals surface area contributed by atoms with E-state index in [1.807, 2.05) is 0 Å². The van der Waals surface area contributed by atoms with Crippen LogP contribution in [-0.2, 0) is 14.8 Å². The molecule has 1 atom stereocenters. The van der Waals surface area contributed by atoms with Gasteiger partial charge in [-0.05, 0) is 6.07 Å². The minimum Gasteiger partial charge on any atom is -0.480 e. The summed E-state index contributed by atoms with van der Waals surface area (Å²) in [5, 5.41) is 17.3. The van der Waals surface area contributed by atoms with Crippen molar-refractivity contribution in [3.63, 3.8) is 0 Å². The van der Waals surface area contributed by atoms with Gasteiger partial charge in [-0.25, -0.2) is 8.42 Å². The van der Waals surface area contributed by atoms with E-state index in [2.05, 4.69) is 0 Å². The van der Waals surface area contributed by atoms with E-state index in [9.17, 15) is 13.2 Å². The molecule has 3 N–H and O–H groups in total. The Labute approximate surface area is 111 Å². The predicted molar refractivity (Wildman–Crippen MR) is 63.2 cm³/mol. The number of carbonyl (C=O) groups is 1. The van der Waals surface area contributed by atoms with Crippen molar-refractivity contribution in [2.75, 3.05) is 6.61 Å². The quantitative estimate of drug-likeness (QED) is 0.744. The van der Waals surface area contributed by atoms with E-state index in [4.69, 9.17) is 33.4 Å². The third kappa shape index (κ3) is 3.54. The largest absolute Gasteiger partial charge is 0.480 e. The molecule has 0 fully saturated rings. The molecule has 10 heteroatoms. The highest BCUT2D eigenvalue weighted by atomic mass is 35.5. The van der Waals surface area contributed by atoms with Gasteiger partial charge >= 0.3 is 5.97 Å². The summed E-state index contributed by atoms with van der Waals surface area (Å²) in [6, 6.07) is -0.526. The molecule has 1 rings (SSSR count). The van der Waals surface area contributed by atoms with E-state index < -0.39 is 28.6 Å². The summed E-state index contributed by atoms with van der Waals surface area (Å²) in [5.41, 5.74) is 0. The highest BCUT2D eigenvalue weighted by Crippen LogP contribution is 2.34. The van der Waals surface area contributed by atoms with Crippen LogP contribution in [-0.4, -0.2) is 37.2 Å². The zero-order valence-electron chi connectivity index (χ0n) is 8.05. The van der Waals surface area contributed by atoms with Crippen LogP contribution in [0.1, 0.15) is 0 Å². The molecule has 0 saturated carbocycles. The molecule has 0 bridgehead atoms. The van der Waals surface area contributed by atoms with Crippen molar-refractivity contribution in [1.29, 1.82) is 0 Å². The molecule has 1 aromatic rings. The van der Waals surface area contributed by atoms with Crippen LogP contribution in [0.2, 0.25) is 8.67 Å². The van der Waals surface area contributed by atoms with Gasteiger partial charge in [0.15, 0.2) is 0 Å². The van der Waals surface area contributed by atoms with E-state index in [1.54, 1.807) is 4.72 Å². The van der Waals surface area contributed by atoms with Gasteiger partial charge in [0.2, 0.25) is 10.0 Å². The van der Waals surface area contributed by atoms with Crippen molar-refractivity contribution in [3.05, 3.63) is 14.7 Å². The number of halogens is 2. The van der Waals surface area contributed by atoms with Crippen molar-refractivity contribution >= 4 is 50.5 Å². The van der Waals surface area contributed by atoms with E-state index in [-0.39, 0.29) is 13.6 Å². The van der Waals surface area contributed by atoms with Crippen molar-refractivity contribution < 1.29 is 23.4 Å². The zero-order chi connectivity index (χ0) is 13.2. The van der Waals surface area contributed by atoms with Crippen LogP contribution >= 0.6 is 34.5 Å². The number of hydrogen-bond donors (Lipinski definition) is 3. The molecule has 1 aromatic heterocycles. The van der Waals surface area contributed by atoms with Crippen LogP contribution < -0.4 is 4.72 Å². The number of thiophene rings is 1. The average Bonchev–Trinajstić information content (AvgIpc) is 2.54. The normalized spacial score (nSPS) is 13.6. The number of nitrogens with one attached hydrogen (secondary N) is 1. The van der Waals surface area contributed by atoms with Gasteiger partial charge in [-0.1, -0.05) is 23.2 Å². The lowest BCUT2D eigenvalue weighted by Crippen LogP contribution is -2.43. The van der Waals surface area contributed by atoms with Crippen LogP contribution in [0.5, 0.6) is 0 Å². The molecule has 1 unspecified atom stereocenters. The molecule has 0 aliphatic rings. The Bertz CT molecular complexity index is 526. The molecule has 0 spiro atoms. The minimum atomic E-state index is -4.12. The number of aliphatic carboxylic acids is 1. The molecule has 0 aliphatic carbocycles. The second-order valence-corrected chi connectivity index (χ2v) is 6.85. The van der Waals surface area contributed by atoms with E-state index in [0.717, 1.165) is 17.4 Å². The van der Waals surface area contributed by atoms with Crippen molar-refractivity contribution in [3.8, 4) is 0 Å². The first kappa shape index (κ1) is 14.7. The minimum absolute atomic E-state index is 0.0791. The van der Waals surface area contributed by atoms with Crippen LogP contribution in [0, 0.1) is 0 Å². The maximum Gasteiger partial charge on any atom is 0.324 e. The standard InChI is InChI=1S/C7H7Cl2NO5S2/c8-5-1-4(6(9)16-5)17(14,15)10-3(2-11)7(12)13/h1,3,10-11H,2H2,(H,12,13). The summed E-state index contributed by atoms with van der Waals surface area (Å²) in [6.07, 6.45) is 0. The van der Waals surface area contributed by atoms with Crippen molar-refractivity contribution in [2.24, 2.45) is 0 Å². The number of sulfonamides is 1. The zero-order valence-corrected chi connectivity index (χ0v) is 11.2. The Morgan fingerprint density at radius 2 is 2.12 bits per heavy atom. The third-order valence-electron chi connectivity index (χ3n) is 1.69. The Balaban J connectivity index is 3.04. The molecule has 1 heterocycles. The van der Waals surface area contributed by atoms with Gasteiger partial charge < -0.3 is 10.2 Å². The van der Waals surface area contributed by atoms with Gasteiger partial charge in [0.25, 0.3) is 0 Å². The van der Waals surface area contributed by atoms with E-state index in [0.29, 0.717) is 0 Å². The number of rotatable bonds is 5. The fourth-order valence-corrected chi connectivity index (χ4v) is 4.25. The molecule has 0 amide bonds. The van der Waals surface area contributed by atoms with Crippen molar-refractivity contribution in [1.82, 2.24) is 4.72 Å². The molecular weight excluding hydrogens is 313 g/mol. The summed E-state index contributed by atoms with van der Waals surface area (Å²) < 4.78 is 25.3. The molecule has 0 aromatic carbocycles. The summed E-state index contributed by atoms with van der Waals surface area (Å²) in [4.78, 5) is 10.3. The van der Waals surface area contributed by atoms with Gasteiger partial charge in [0, 0.05) is 0 Å². The summed E-state index contributed by atoms with van der Waals surface area (Å²) >= 11 is 12.1. The van der Waals surface area contributed by atoms with Crippen LogP contribution in [0.3, 0.4) is 0 Å². The Morgan fingerprint density at radius 3 is 2.47 bits per heavy atom. The lowest BCUT2D eigenvalue weighted by atomic mass is 10.3. The number of carboxylic acid groups (broad SMARTS) is 1. The number of aliphatic hydroxyl groups is 1. The van der Waals surface area contributed by atoms with Gasteiger partial charge in [-0.2, -0.15) is 4.72 Å². The van der Waals surface area contributed by atoms with E-state index in [1.165, 1.54) is 0 Å². The van der Waals surface area contributed by atoms with Gasteiger partial charge in [0.05, 0.1) is 10.9 Å².